The summed E-state index contributed by atoms with van der Waals surface area (Å²) in [5.41, 5.74) is 3.74. The lowest BCUT2D eigenvalue weighted by Gasteiger charge is -2.36. The van der Waals surface area contributed by atoms with Gasteiger partial charge in [0.2, 0.25) is 10.0 Å². The standard InChI is InChI=1S/C39H42F3N5O5S/c1-8-47-37-32(51-7)19-30(25(4)36(37)44-45-47)35(38(5,6)34(48)16-26-10-9-15-43-20-26)27-12-11-23(2)28(17-27)22-46-21-24(3)52-31-14-13-29(39(40,41)42)18-33(31)53(46,49)50/h9-15,17-20,24,35H,8,16,21-22H2,1-7H3/t24-,35+/m1/s1. The van der Waals surface area contributed by atoms with Crippen LogP contribution in [-0.2, 0) is 40.5 Å². The molecule has 3 aromatic carbocycles. The molecule has 6 rings (SSSR count). The molecule has 0 radical (unpaired) electrons. The van der Waals surface area contributed by atoms with Crippen LogP contribution in [-0.4, -0.2) is 58.2 Å². The number of hydrogen-bond donors (Lipinski definition) is 0. The van der Waals surface area contributed by atoms with E-state index >= 15 is 0 Å². The first-order valence-electron chi connectivity index (χ1n) is 17.3. The number of fused-ring (bicyclic) bond motifs is 2. The van der Waals surface area contributed by atoms with Gasteiger partial charge in [-0.2, -0.15) is 17.5 Å². The molecule has 2 aromatic heterocycles. The van der Waals surface area contributed by atoms with Crippen LogP contribution >= 0.6 is 0 Å². The first kappa shape index (κ1) is 37.9. The highest BCUT2D eigenvalue weighted by molar-refractivity contribution is 7.89. The van der Waals surface area contributed by atoms with Crippen LogP contribution in [0.4, 0.5) is 13.2 Å². The maximum Gasteiger partial charge on any atom is 0.416 e. The number of pyridine rings is 1. The van der Waals surface area contributed by atoms with Crippen molar-refractivity contribution < 1.29 is 35.9 Å². The van der Waals surface area contributed by atoms with Gasteiger partial charge < -0.3 is 9.47 Å². The molecule has 3 heterocycles. The van der Waals surface area contributed by atoms with Gasteiger partial charge in [0.05, 0.1) is 19.2 Å². The van der Waals surface area contributed by atoms with Crippen molar-refractivity contribution in [3.63, 3.8) is 0 Å². The molecule has 0 bridgehead atoms. The van der Waals surface area contributed by atoms with Crippen LogP contribution in [0.25, 0.3) is 11.0 Å². The fraction of sp³-hybridized carbons (Fsp3) is 0.385. The Morgan fingerprint density at radius 3 is 2.51 bits per heavy atom. The second-order valence-corrected chi connectivity index (χ2v) is 16.0. The number of aryl methyl sites for hydroxylation is 3. The zero-order chi connectivity index (χ0) is 38.5. The first-order chi connectivity index (χ1) is 25.0. The van der Waals surface area contributed by atoms with Gasteiger partial charge in [-0.15, -0.1) is 5.10 Å². The van der Waals surface area contributed by atoms with E-state index in [1.807, 2.05) is 65.0 Å². The summed E-state index contributed by atoms with van der Waals surface area (Å²) in [6, 6.07) is 13.7. The summed E-state index contributed by atoms with van der Waals surface area (Å²) in [6.45, 7) is 11.5. The van der Waals surface area contributed by atoms with Crippen molar-refractivity contribution in [2.24, 2.45) is 5.41 Å². The summed E-state index contributed by atoms with van der Waals surface area (Å²) < 4.78 is 83.9. The third-order valence-electron chi connectivity index (χ3n) is 10.1. The lowest BCUT2D eigenvalue weighted by Crippen LogP contribution is -2.36. The third kappa shape index (κ3) is 7.13. The normalized spacial score (nSPS) is 16.8. The van der Waals surface area contributed by atoms with E-state index in [9.17, 15) is 26.4 Å². The third-order valence-corrected chi connectivity index (χ3v) is 12.0. The molecule has 0 aliphatic carbocycles. The van der Waals surface area contributed by atoms with Gasteiger partial charge in [-0.1, -0.05) is 43.3 Å². The van der Waals surface area contributed by atoms with Gasteiger partial charge in [0.25, 0.3) is 0 Å². The van der Waals surface area contributed by atoms with Crippen LogP contribution in [0.1, 0.15) is 72.6 Å². The van der Waals surface area contributed by atoms with Crippen molar-refractivity contribution in [1.82, 2.24) is 24.3 Å². The molecule has 0 fully saturated rings. The lowest BCUT2D eigenvalue weighted by molar-refractivity contribution is -0.137. The van der Waals surface area contributed by atoms with Gasteiger partial charge in [0, 0.05) is 43.2 Å². The van der Waals surface area contributed by atoms with Gasteiger partial charge in [0.15, 0.2) is 0 Å². The van der Waals surface area contributed by atoms with E-state index in [2.05, 4.69) is 15.3 Å². The zero-order valence-corrected chi connectivity index (χ0v) is 31.5. The van der Waals surface area contributed by atoms with E-state index in [-0.39, 0.29) is 31.0 Å². The molecule has 53 heavy (non-hydrogen) atoms. The SMILES string of the molecule is CCn1nnc2c(C)c([C@H](c3ccc(C)c(CN4C[C@@H](C)Oc5ccc(C(F)(F)F)cc5S4(=O)=O)c3)C(C)(C)C(=O)Cc3cccnc3)cc(OC)c21. The van der Waals surface area contributed by atoms with Crippen molar-refractivity contribution in [1.29, 1.82) is 0 Å². The fourth-order valence-corrected chi connectivity index (χ4v) is 8.78. The molecule has 14 heteroatoms. The molecule has 0 spiro atoms. The van der Waals surface area contributed by atoms with Gasteiger partial charge in [-0.3, -0.25) is 9.78 Å². The van der Waals surface area contributed by atoms with Crippen LogP contribution in [0.3, 0.4) is 0 Å². The van der Waals surface area contributed by atoms with Crippen molar-refractivity contribution in [2.75, 3.05) is 13.7 Å². The number of Topliss-reactive ketones (excluding diaryl/α,β-unsaturated/α-hetero) is 1. The number of carbonyl (C=O) groups is 1. The van der Waals surface area contributed by atoms with E-state index in [1.165, 1.54) is 0 Å². The summed E-state index contributed by atoms with van der Waals surface area (Å²) in [5.74, 6) is -0.213. The molecule has 0 unspecified atom stereocenters. The molecular weight excluding hydrogens is 708 g/mol. The fourth-order valence-electron chi connectivity index (χ4n) is 7.14. The summed E-state index contributed by atoms with van der Waals surface area (Å²) in [7, 11) is -2.87. The largest absolute Gasteiger partial charge is 0.494 e. The van der Waals surface area contributed by atoms with Crippen molar-refractivity contribution in [2.45, 2.75) is 84.1 Å². The van der Waals surface area contributed by atoms with E-state index in [1.54, 1.807) is 37.2 Å². The Morgan fingerprint density at radius 1 is 1.09 bits per heavy atom. The van der Waals surface area contributed by atoms with Crippen molar-refractivity contribution >= 4 is 26.8 Å². The molecule has 1 aliphatic heterocycles. The topological polar surface area (TPSA) is 117 Å². The number of ether oxygens (including phenoxy) is 2. The van der Waals surface area contributed by atoms with E-state index in [0.717, 1.165) is 49.8 Å². The molecule has 0 amide bonds. The minimum absolute atomic E-state index is 0.0496. The van der Waals surface area contributed by atoms with Gasteiger partial charge in [-0.05, 0) is 91.4 Å². The second kappa shape index (κ2) is 14.2. The Hall–Kier alpha value is -4.82. The first-order valence-corrected chi connectivity index (χ1v) is 18.7. The Labute approximate surface area is 307 Å². The maximum atomic E-state index is 14.4. The van der Waals surface area contributed by atoms with Crippen LogP contribution in [0.15, 0.2) is 71.9 Å². The Bertz CT molecular complexity index is 2290. The number of benzene rings is 3. The van der Waals surface area contributed by atoms with Crippen LogP contribution in [0.2, 0.25) is 0 Å². The minimum Gasteiger partial charge on any atom is -0.494 e. The number of alkyl halides is 3. The van der Waals surface area contributed by atoms with Crippen molar-refractivity contribution in [3.8, 4) is 11.5 Å². The molecular formula is C39H42F3N5O5S. The van der Waals surface area contributed by atoms with Crippen LogP contribution < -0.4 is 9.47 Å². The molecule has 2 atom stereocenters. The number of sulfonamides is 1. The van der Waals surface area contributed by atoms with E-state index in [4.69, 9.17) is 9.47 Å². The average molecular weight is 750 g/mol. The lowest BCUT2D eigenvalue weighted by atomic mass is 9.66. The van der Waals surface area contributed by atoms with Gasteiger partial charge in [0.1, 0.15) is 39.3 Å². The molecule has 0 saturated heterocycles. The Morgan fingerprint density at radius 2 is 1.85 bits per heavy atom. The summed E-state index contributed by atoms with van der Waals surface area (Å²) >= 11 is 0. The number of nitrogens with zero attached hydrogens (tertiary/aromatic N) is 5. The predicted molar refractivity (Wildman–Crippen MR) is 193 cm³/mol. The summed E-state index contributed by atoms with van der Waals surface area (Å²) in [5, 5.41) is 8.83. The number of carbonyl (C=O) groups excluding carboxylic acids is 1. The average Bonchev–Trinajstić information content (AvgIpc) is 3.51. The van der Waals surface area contributed by atoms with Gasteiger partial charge in [-0.25, -0.2) is 13.1 Å². The number of aromatic nitrogens is 4. The number of rotatable bonds is 10. The highest BCUT2D eigenvalue weighted by atomic mass is 32.2. The summed E-state index contributed by atoms with van der Waals surface area (Å²) in [6.07, 6.45) is -1.96. The summed E-state index contributed by atoms with van der Waals surface area (Å²) in [4.78, 5) is 18.0. The number of methoxy groups -OCH3 is 1. The molecule has 0 N–H and O–H groups in total. The Balaban J connectivity index is 1.49. The molecule has 1 aliphatic rings. The highest BCUT2D eigenvalue weighted by Crippen LogP contribution is 2.47. The number of ketones is 1. The second-order valence-electron chi connectivity index (χ2n) is 14.1. The van der Waals surface area contributed by atoms with Crippen molar-refractivity contribution in [3.05, 3.63) is 106 Å². The monoisotopic (exact) mass is 749 g/mol. The number of halogens is 3. The van der Waals surface area contributed by atoms with Crippen LogP contribution in [0, 0.1) is 19.3 Å². The van der Waals surface area contributed by atoms with Gasteiger partial charge >= 0.3 is 6.18 Å². The van der Waals surface area contributed by atoms with E-state index < -0.39 is 44.1 Å². The quantitative estimate of drug-likeness (QED) is 0.145. The minimum atomic E-state index is -4.75. The van der Waals surface area contributed by atoms with E-state index in [0.29, 0.717) is 29.4 Å². The maximum absolute atomic E-state index is 14.4. The molecule has 5 aromatic rings. The highest BCUT2D eigenvalue weighted by Gasteiger charge is 2.41. The molecule has 10 nitrogen and oxygen atoms in total. The number of hydrogen-bond acceptors (Lipinski definition) is 8. The zero-order valence-electron chi connectivity index (χ0n) is 30.7. The molecule has 280 valence electrons. The molecule has 0 saturated carbocycles. The van der Waals surface area contributed by atoms with Crippen LogP contribution in [0.5, 0.6) is 11.5 Å². The Kier molecular flexibility index (Phi) is 10.2. The smallest absolute Gasteiger partial charge is 0.416 e. The predicted octanol–water partition coefficient (Wildman–Crippen LogP) is 7.43.